The maximum Gasteiger partial charge on any atom is 0.421 e. The van der Waals surface area contributed by atoms with Crippen molar-refractivity contribution < 1.29 is 27.5 Å². The summed E-state index contributed by atoms with van der Waals surface area (Å²) in [6.07, 6.45) is -0.371. The van der Waals surface area contributed by atoms with Gasteiger partial charge in [0.2, 0.25) is 11.9 Å². The van der Waals surface area contributed by atoms with Gasteiger partial charge in [-0.1, -0.05) is 6.42 Å². The summed E-state index contributed by atoms with van der Waals surface area (Å²) >= 11 is 0. The van der Waals surface area contributed by atoms with Crippen LogP contribution in [0.2, 0.25) is 0 Å². The van der Waals surface area contributed by atoms with Crippen LogP contribution >= 0.6 is 0 Å². The third-order valence-electron chi connectivity index (χ3n) is 8.02. The van der Waals surface area contributed by atoms with Crippen molar-refractivity contribution in [1.82, 2.24) is 25.1 Å². The molecule has 2 atom stereocenters. The molecule has 43 heavy (non-hydrogen) atoms. The molecule has 2 aliphatic rings. The van der Waals surface area contributed by atoms with E-state index in [0.29, 0.717) is 42.9 Å². The lowest BCUT2D eigenvalue weighted by atomic mass is 10.0. The Balaban J connectivity index is 1.56. The largest absolute Gasteiger partial charge is 0.493 e. The van der Waals surface area contributed by atoms with Crippen LogP contribution in [0.25, 0.3) is 0 Å². The molecule has 1 aromatic heterocycles. The molecule has 0 bridgehead atoms. The number of carbonyl (C=O) groups excluding carboxylic acids is 2. The third-order valence-corrected chi connectivity index (χ3v) is 8.02. The monoisotopic (exact) mass is 605 g/mol. The number of halogens is 3. The second-order valence-electron chi connectivity index (χ2n) is 11.6. The second kappa shape index (κ2) is 13.8. The van der Waals surface area contributed by atoms with Gasteiger partial charge in [-0.2, -0.15) is 18.2 Å². The molecular formula is C30H42F3N7O3. The normalized spacial score (nSPS) is 19.7. The van der Waals surface area contributed by atoms with Gasteiger partial charge in [0, 0.05) is 43.1 Å². The van der Waals surface area contributed by atoms with Gasteiger partial charge >= 0.3 is 6.18 Å². The lowest BCUT2D eigenvalue weighted by Gasteiger charge is -2.35. The smallest absolute Gasteiger partial charge is 0.421 e. The predicted octanol–water partition coefficient (Wildman–Crippen LogP) is 4.91. The van der Waals surface area contributed by atoms with Crippen LogP contribution < -0.4 is 20.7 Å². The summed E-state index contributed by atoms with van der Waals surface area (Å²) in [5.74, 6) is -0.925. The minimum atomic E-state index is -4.70. The Morgan fingerprint density at radius 3 is 2.53 bits per heavy atom. The van der Waals surface area contributed by atoms with Gasteiger partial charge in [-0.3, -0.25) is 9.59 Å². The van der Waals surface area contributed by atoms with Crippen molar-refractivity contribution in [2.45, 2.75) is 77.2 Å². The number of benzene rings is 1. The average molecular weight is 606 g/mol. The molecule has 2 unspecified atom stereocenters. The topological polar surface area (TPSA) is 112 Å². The Bertz CT molecular complexity index is 1280. The highest BCUT2D eigenvalue weighted by Crippen LogP contribution is 2.37. The van der Waals surface area contributed by atoms with Gasteiger partial charge in [0.05, 0.1) is 18.1 Å². The maximum atomic E-state index is 13.9. The minimum absolute atomic E-state index is 0.0679. The fourth-order valence-electron chi connectivity index (χ4n) is 5.69. The fraction of sp³-hybridized carbons (Fsp3) is 0.600. The lowest BCUT2D eigenvalue weighted by Crippen LogP contribution is -2.44. The van der Waals surface area contributed by atoms with Crippen LogP contribution in [0.15, 0.2) is 24.4 Å². The first kappa shape index (κ1) is 32.3. The first-order valence-corrected chi connectivity index (χ1v) is 14.9. The molecule has 1 aliphatic carbocycles. The summed E-state index contributed by atoms with van der Waals surface area (Å²) in [6.45, 7) is 7.64. The Kier molecular flexibility index (Phi) is 10.4. The van der Waals surface area contributed by atoms with Gasteiger partial charge in [-0.15, -0.1) is 0 Å². The quantitative estimate of drug-likeness (QED) is 0.351. The van der Waals surface area contributed by atoms with Crippen molar-refractivity contribution in [3.8, 4) is 5.75 Å². The van der Waals surface area contributed by atoms with Crippen molar-refractivity contribution in [2.24, 2.45) is 5.92 Å². The van der Waals surface area contributed by atoms with Crippen molar-refractivity contribution >= 4 is 29.3 Å². The number of likely N-dealkylation sites (tertiary alicyclic amines) is 1. The number of aromatic nitrogens is 2. The van der Waals surface area contributed by atoms with Crippen LogP contribution in [-0.2, 0) is 11.0 Å². The van der Waals surface area contributed by atoms with Crippen molar-refractivity contribution in [1.29, 1.82) is 0 Å². The molecule has 10 nitrogen and oxygen atoms in total. The van der Waals surface area contributed by atoms with E-state index in [0.717, 1.165) is 32.1 Å². The van der Waals surface area contributed by atoms with Gasteiger partial charge < -0.3 is 30.5 Å². The number of nitrogens with one attached hydrogen (secondary N) is 3. The first-order chi connectivity index (χ1) is 20.4. The summed E-state index contributed by atoms with van der Waals surface area (Å²) in [5, 5.41) is 8.71. The zero-order chi connectivity index (χ0) is 31.3. The van der Waals surface area contributed by atoms with Crippen LogP contribution in [0.3, 0.4) is 0 Å². The number of piperidine rings is 1. The number of hydrogen-bond donors (Lipinski definition) is 3. The van der Waals surface area contributed by atoms with E-state index in [4.69, 9.17) is 4.74 Å². The van der Waals surface area contributed by atoms with E-state index < -0.39 is 29.5 Å². The molecule has 1 saturated heterocycles. The molecule has 2 heterocycles. The number of amides is 2. The van der Waals surface area contributed by atoms with Crippen molar-refractivity contribution in [3.05, 3.63) is 35.5 Å². The van der Waals surface area contributed by atoms with E-state index in [9.17, 15) is 22.8 Å². The zero-order valence-corrected chi connectivity index (χ0v) is 25.4. The molecule has 0 radical (unpaired) electrons. The number of alkyl halides is 3. The van der Waals surface area contributed by atoms with Gasteiger partial charge in [0.15, 0.2) is 0 Å². The standard InChI is InChI=1S/C30H42F3N7O3/c1-6-43-25-16-19(10-11-22(25)28(42)40(5)20-12-14-39(4)15-13-20)36-29-34-17-23(30(31,32)33)26(38-29)37-24-9-7-8-21(24)27(41)35-18(2)3/h10-11,16-18,20-21,24H,6-9,12-15H2,1-5H3,(H,35,41)(H2,34,36,37,38). The SMILES string of the molecule is CCOc1cc(Nc2ncc(C(F)(F)F)c(NC3CCCC3C(=O)NC(C)C)n2)ccc1C(=O)N(C)C1CCN(C)CC1. The van der Waals surface area contributed by atoms with Gasteiger partial charge in [-0.05, 0) is 78.7 Å². The van der Waals surface area contributed by atoms with Crippen molar-refractivity contribution in [2.75, 3.05) is 44.4 Å². The molecule has 1 saturated carbocycles. The number of carbonyl (C=O) groups is 2. The first-order valence-electron chi connectivity index (χ1n) is 14.9. The molecule has 3 N–H and O–H groups in total. The van der Waals surface area contributed by atoms with E-state index in [1.165, 1.54) is 0 Å². The summed E-state index contributed by atoms with van der Waals surface area (Å²) in [6, 6.07) is 4.46. The van der Waals surface area contributed by atoms with E-state index in [1.807, 2.05) is 20.8 Å². The highest BCUT2D eigenvalue weighted by atomic mass is 19.4. The summed E-state index contributed by atoms with van der Waals surface area (Å²) < 4.78 is 47.5. The predicted molar refractivity (Wildman–Crippen MR) is 159 cm³/mol. The second-order valence-corrected chi connectivity index (χ2v) is 11.6. The molecule has 4 rings (SSSR count). The number of ether oxygens (including phenoxy) is 1. The highest BCUT2D eigenvalue weighted by molar-refractivity contribution is 5.97. The summed E-state index contributed by atoms with van der Waals surface area (Å²) in [7, 11) is 3.86. The third kappa shape index (κ3) is 8.07. The Morgan fingerprint density at radius 1 is 1.16 bits per heavy atom. The van der Waals surface area contributed by atoms with Gasteiger partial charge in [0.25, 0.3) is 5.91 Å². The van der Waals surface area contributed by atoms with Crippen LogP contribution in [0.5, 0.6) is 5.75 Å². The number of hydrogen-bond acceptors (Lipinski definition) is 8. The van der Waals surface area contributed by atoms with E-state index in [-0.39, 0.29) is 29.8 Å². The zero-order valence-electron chi connectivity index (χ0n) is 25.4. The molecule has 1 aromatic carbocycles. The molecule has 236 valence electrons. The number of nitrogens with zero attached hydrogens (tertiary/aromatic N) is 4. The Hall–Kier alpha value is -3.61. The Labute approximate surface area is 250 Å². The fourth-order valence-corrected chi connectivity index (χ4v) is 5.69. The maximum absolute atomic E-state index is 13.9. The molecule has 2 amide bonds. The van der Waals surface area contributed by atoms with Crippen molar-refractivity contribution in [3.63, 3.8) is 0 Å². The van der Waals surface area contributed by atoms with Gasteiger partial charge in [0.1, 0.15) is 17.1 Å². The number of anilines is 3. The van der Waals surface area contributed by atoms with Gasteiger partial charge in [-0.25, -0.2) is 4.98 Å². The molecule has 0 spiro atoms. The van der Waals surface area contributed by atoms with Crippen LogP contribution in [0, 0.1) is 5.92 Å². The summed E-state index contributed by atoms with van der Waals surface area (Å²) in [4.78, 5) is 38.2. The average Bonchev–Trinajstić information content (AvgIpc) is 3.40. The van der Waals surface area contributed by atoms with E-state index >= 15 is 0 Å². The molecule has 2 fully saturated rings. The van der Waals surface area contributed by atoms with Crippen LogP contribution in [-0.4, -0.2) is 83.5 Å². The van der Waals surface area contributed by atoms with Crippen LogP contribution in [0.1, 0.15) is 68.8 Å². The molecule has 2 aromatic rings. The molecule has 13 heteroatoms. The van der Waals surface area contributed by atoms with E-state index in [1.54, 1.807) is 30.1 Å². The Morgan fingerprint density at radius 2 is 1.88 bits per heavy atom. The van der Waals surface area contributed by atoms with E-state index in [2.05, 4.69) is 37.9 Å². The lowest BCUT2D eigenvalue weighted by molar-refractivity contribution is -0.137. The molecule has 1 aliphatic heterocycles. The number of rotatable bonds is 10. The highest BCUT2D eigenvalue weighted by Gasteiger charge is 2.39. The molecular weight excluding hydrogens is 563 g/mol. The van der Waals surface area contributed by atoms with Crippen LogP contribution in [0.4, 0.5) is 30.6 Å². The summed E-state index contributed by atoms with van der Waals surface area (Å²) in [5.41, 5.74) is -0.167. The minimum Gasteiger partial charge on any atom is -0.493 e.